The lowest BCUT2D eigenvalue weighted by atomic mass is 9.95. The van der Waals surface area contributed by atoms with Gasteiger partial charge < -0.3 is 0 Å². The van der Waals surface area contributed by atoms with Gasteiger partial charge in [0.25, 0.3) is 5.91 Å². The lowest BCUT2D eigenvalue weighted by Gasteiger charge is -2.28. The van der Waals surface area contributed by atoms with Crippen LogP contribution in [0.5, 0.6) is 0 Å². The van der Waals surface area contributed by atoms with Gasteiger partial charge in [-0.15, -0.1) is 11.3 Å². The molecule has 3 heterocycles. The standard InChI is InChI=1S/C23H20N2O3S/c1-14-10-11-17(15(2)13-14)24-22(26)19-20(18-9-6-12-29-18)25(28-21(19)23(24)27)16-7-4-3-5-8-16/h3-13,19-21H,1-2H3. The van der Waals surface area contributed by atoms with Gasteiger partial charge in [0.2, 0.25) is 5.91 Å². The van der Waals surface area contributed by atoms with Crippen molar-refractivity contribution in [2.24, 2.45) is 5.92 Å². The van der Waals surface area contributed by atoms with E-state index in [1.54, 1.807) is 16.4 Å². The normalized spacial score (nSPS) is 23.7. The molecule has 146 valence electrons. The van der Waals surface area contributed by atoms with E-state index in [1.807, 2.05) is 79.9 Å². The van der Waals surface area contributed by atoms with E-state index in [0.29, 0.717) is 5.69 Å². The van der Waals surface area contributed by atoms with E-state index in [9.17, 15) is 9.59 Å². The zero-order valence-corrected chi connectivity index (χ0v) is 16.9. The van der Waals surface area contributed by atoms with Crippen LogP contribution in [0.15, 0.2) is 66.0 Å². The predicted octanol–water partition coefficient (Wildman–Crippen LogP) is 4.42. The fourth-order valence-electron chi connectivity index (χ4n) is 4.26. The van der Waals surface area contributed by atoms with Gasteiger partial charge >= 0.3 is 0 Å². The number of imide groups is 1. The number of rotatable bonds is 3. The van der Waals surface area contributed by atoms with E-state index < -0.39 is 12.0 Å². The van der Waals surface area contributed by atoms with Crippen molar-refractivity contribution in [3.8, 4) is 0 Å². The fraction of sp³-hybridized carbons (Fsp3) is 0.217. The summed E-state index contributed by atoms with van der Waals surface area (Å²) >= 11 is 1.57. The minimum Gasteiger partial charge on any atom is -0.273 e. The van der Waals surface area contributed by atoms with E-state index >= 15 is 0 Å². The number of carbonyl (C=O) groups is 2. The van der Waals surface area contributed by atoms with Crippen molar-refractivity contribution in [3.05, 3.63) is 82.0 Å². The Morgan fingerprint density at radius 3 is 2.41 bits per heavy atom. The van der Waals surface area contributed by atoms with Crippen LogP contribution in [0.4, 0.5) is 11.4 Å². The molecule has 0 aliphatic carbocycles. The Kier molecular flexibility index (Phi) is 4.26. The molecule has 2 aromatic carbocycles. The predicted molar refractivity (Wildman–Crippen MR) is 113 cm³/mol. The number of benzene rings is 2. The summed E-state index contributed by atoms with van der Waals surface area (Å²) in [7, 11) is 0. The van der Waals surface area contributed by atoms with Crippen LogP contribution in [0, 0.1) is 19.8 Å². The van der Waals surface area contributed by atoms with E-state index in [2.05, 4.69) is 0 Å². The van der Waals surface area contributed by atoms with Crippen LogP contribution in [0.3, 0.4) is 0 Å². The van der Waals surface area contributed by atoms with Gasteiger partial charge in [-0.3, -0.25) is 14.4 Å². The van der Waals surface area contributed by atoms with Crippen molar-refractivity contribution < 1.29 is 14.4 Å². The van der Waals surface area contributed by atoms with Gasteiger partial charge in [-0.2, -0.15) is 0 Å². The number of nitrogens with zero attached hydrogens (tertiary/aromatic N) is 2. The average Bonchev–Trinajstić information content (AvgIpc) is 3.41. The SMILES string of the molecule is Cc1ccc(N2C(=O)C3ON(c4ccccc4)C(c4cccs4)C3C2=O)c(C)c1. The smallest absolute Gasteiger partial charge is 0.266 e. The van der Waals surface area contributed by atoms with Gasteiger partial charge in [0.1, 0.15) is 12.0 Å². The Morgan fingerprint density at radius 2 is 1.72 bits per heavy atom. The summed E-state index contributed by atoms with van der Waals surface area (Å²) in [6, 6.07) is 19.0. The van der Waals surface area contributed by atoms with Crippen molar-refractivity contribution in [3.63, 3.8) is 0 Å². The second-order valence-corrected chi connectivity index (χ2v) is 8.45. The molecule has 2 amide bonds. The topological polar surface area (TPSA) is 49.9 Å². The summed E-state index contributed by atoms with van der Waals surface area (Å²) < 4.78 is 0. The van der Waals surface area contributed by atoms with Crippen molar-refractivity contribution in [1.29, 1.82) is 0 Å². The Labute approximate surface area is 173 Å². The Hall–Kier alpha value is -2.96. The molecule has 6 heteroatoms. The number of para-hydroxylation sites is 1. The number of amides is 2. The molecule has 0 bridgehead atoms. The summed E-state index contributed by atoms with van der Waals surface area (Å²) in [6.45, 7) is 3.91. The molecule has 5 rings (SSSR count). The summed E-state index contributed by atoms with van der Waals surface area (Å²) in [5.41, 5.74) is 3.46. The number of hydrogen-bond acceptors (Lipinski definition) is 5. The third-order valence-corrected chi connectivity index (χ3v) is 6.50. The highest BCUT2D eigenvalue weighted by Crippen LogP contribution is 2.48. The zero-order chi connectivity index (χ0) is 20.1. The minimum atomic E-state index is -0.824. The fourth-order valence-corrected chi connectivity index (χ4v) is 5.11. The maximum absolute atomic E-state index is 13.5. The summed E-state index contributed by atoms with van der Waals surface area (Å²) in [6.07, 6.45) is -0.824. The summed E-state index contributed by atoms with van der Waals surface area (Å²) in [5.74, 6) is -1.09. The monoisotopic (exact) mass is 404 g/mol. The first-order chi connectivity index (χ1) is 14.1. The summed E-state index contributed by atoms with van der Waals surface area (Å²) in [5, 5.41) is 3.71. The van der Waals surface area contributed by atoms with Crippen molar-refractivity contribution in [1.82, 2.24) is 0 Å². The molecule has 3 atom stereocenters. The molecule has 0 spiro atoms. The molecular formula is C23H20N2O3S. The number of carbonyl (C=O) groups excluding carboxylic acids is 2. The molecule has 2 aliphatic rings. The highest BCUT2D eigenvalue weighted by molar-refractivity contribution is 7.10. The van der Waals surface area contributed by atoms with E-state index in [1.165, 1.54) is 4.90 Å². The molecule has 5 nitrogen and oxygen atoms in total. The molecule has 1 aromatic heterocycles. The molecule has 0 N–H and O–H groups in total. The van der Waals surface area contributed by atoms with Crippen molar-refractivity contribution in [2.75, 3.05) is 9.96 Å². The lowest BCUT2D eigenvalue weighted by molar-refractivity contribution is -0.126. The van der Waals surface area contributed by atoms with Gasteiger partial charge in [-0.25, -0.2) is 9.96 Å². The van der Waals surface area contributed by atoms with E-state index in [4.69, 9.17) is 4.84 Å². The highest BCUT2D eigenvalue weighted by atomic mass is 32.1. The van der Waals surface area contributed by atoms with Crippen LogP contribution in [-0.4, -0.2) is 17.9 Å². The number of fused-ring (bicyclic) bond motifs is 1. The van der Waals surface area contributed by atoms with Gasteiger partial charge in [-0.1, -0.05) is 42.0 Å². The van der Waals surface area contributed by atoms with Crippen LogP contribution >= 0.6 is 11.3 Å². The quantitative estimate of drug-likeness (QED) is 0.607. The number of hydrogen-bond donors (Lipinski definition) is 0. The molecule has 29 heavy (non-hydrogen) atoms. The third-order valence-electron chi connectivity index (χ3n) is 5.55. The first-order valence-electron chi connectivity index (χ1n) is 9.56. The highest BCUT2D eigenvalue weighted by Gasteiger charge is 2.60. The molecule has 3 unspecified atom stereocenters. The van der Waals surface area contributed by atoms with Gasteiger partial charge in [0, 0.05) is 4.88 Å². The second-order valence-electron chi connectivity index (χ2n) is 7.48. The average molecular weight is 404 g/mol. The first kappa shape index (κ1) is 18.1. The molecule has 0 radical (unpaired) electrons. The van der Waals surface area contributed by atoms with Gasteiger partial charge in [0.05, 0.1) is 11.4 Å². The number of aryl methyl sites for hydroxylation is 2. The third kappa shape index (κ3) is 2.79. The lowest BCUT2D eigenvalue weighted by Crippen LogP contribution is -2.37. The van der Waals surface area contributed by atoms with Crippen molar-refractivity contribution in [2.45, 2.75) is 26.0 Å². The van der Waals surface area contributed by atoms with Crippen LogP contribution < -0.4 is 9.96 Å². The maximum Gasteiger partial charge on any atom is 0.266 e. The molecule has 2 fully saturated rings. The summed E-state index contributed by atoms with van der Waals surface area (Å²) in [4.78, 5) is 35.3. The van der Waals surface area contributed by atoms with Gasteiger partial charge in [0.15, 0.2) is 6.10 Å². The molecular weight excluding hydrogens is 384 g/mol. The molecule has 3 aromatic rings. The second kappa shape index (κ2) is 6.83. The van der Waals surface area contributed by atoms with E-state index in [0.717, 1.165) is 21.7 Å². The Bertz CT molecular complexity index is 1080. The van der Waals surface area contributed by atoms with Gasteiger partial charge in [-0.05, 0) is 49.1 Å². The van der Waals surface area contributed by atoms with Crippen LogP contribution in [0.1, 0.15) is 22.0 Å². The first-order valence-corrected chi connectivity index (χ1v) is 10.4. The molecule has 0 saturated carbocycles. The Morgan fingerprint density at radius 1 is 0.931 bits per heavy atom. The number of thiophene rings is 1. The molecule has 2 saturated heterocycles. The molecule has 2 aliphatic heterocycles. The van der Waals surface area contributed by atoms with Crippen LogP contribution in [0.25, 0.3) is 0 Å². The number of hydroxylamine groups is 1. The maximum atomic E-state index is 13.5. The van der Waals surface area contributed by atoms with Crippen molar-refractivity contribution >= 4 is 34.5 Å². The van der Waals surface area contributed by atoms with Crippen LogP contribution in [-0.2, 0) is 14.4 Å². The largest absolute Gasteiger partial charge is 0.273 e. The minimum absolute atomic E-state index is 0.205. The zero-order valence-electron chi connectivity index (χ0n) is 16.1. The van der Waals surface area contributed by atoms with E-state index in [-0.39, 0.29) is 17.9 Å². The number of anilines is 2. The van der Waals surface area contributed by atoms with Crippen LogP contribution in [0.2, 0.25) is 0 Å². The Balaban J connectivity index is 1.58.